The molecule has 15 heavy (non-hydrogen) atoms. The second-order valence-electron chi connectivity index (χ2n) is 5.02. The molecule has 0 saturated carbocycles. The number of hydrogen-bond acceptors (Lipinski definition) is 4. The van der Waals surface area contributed by atoms with Crippen molar-refractivity contribution in [3.05, 3.63) is 0 Å². The number of aliphatic carboxylic acids is 1. The minimum absolute atomic E-state index is 0.0670. The minimum atomic E-state index is -0.980. The highest BCUT2D eigenvalue weighted by atomic mass is 16.4. The quantitative estimate of drug-likeness (QED) is 0.530. The summed E-state index contributed by atoms with van der Waals surface area (Å²) in [5.41, 5.74) is 0. The van der Waals surface area contributed by atoms with Crippen LogP contribution in [0.2, 0.25) is 0 Å². The molecule has 1 aliphatic heterocycles. The van der Waals surface area contributed by atoms with Crippen LogP contribution in [-0.4, -0.2) is 73.9 Å². The molecule has 5 heteroatoms. The highest BCUT2D eigenvalue weighted by molar-refractivity contribution is 5.65. The van der Waals surface area contributed by atoms with Crippen LogP contribution in [0.5, 0.6) is 0 Å². The van der Waals surface area contributed by atoms with Gasteiger partial charge in [-0.15, -0.1) is 0 Å². The van der Waals surface area contributed by atoms with Crippen LogP contribution in [0.1, 0.15) is 6.92 Å². The van der Waals surface area contributed by atoms with E-state index >= 15 is 0 Å². The Morgan fingerprint density at radius 3 is 2.53 bits per heavy atom. The first-order chi connectivity index (χ1) is 6.78. The molecule has 1 heterocycles. The summed E-state index contributed by atoms with van der Waals surface area (Å²) in [5.74, 6) is -0.980. The predicted octanol–water partition coefficient (Wildman–Crippen LogP) is -1.64. The van der Waals surface area contributed by atoms with Crippen LogP contribution in [0.25, 0.3) is 0 Å². The maximum Gasteiger partial charge on any atom is 0.205 e. The van der Waals surface area contributed by atoms with Crippen molar-refractivity contribution >= 4 is 5.97 Å². The molecule has 0 aromatic heterocycles. The molecule has 0 spiro atoms. The van der Waals surface area contributed by atoms with Gasteiger partial charge in [-0.05, 0) is 28.1 Å². The average Bonchev–Trinajstić information content (AvgIpc) is 2.20. The van der Waals surface area contributed by atoms with Crippen LogP contribution in [0, 0.1) is 0 Å². The third-order valence-corrected chi connectivity index (χ3v) is 3.25. The fraction of sp³-hybridized carbons (Fsp3) is 0.900. The van der Waals surface area contributed by atoms with Crippen molar-refractivity contribution < 1.29 is 14.4 Å². The number of carbonyl (C=O) groups is 1. The molecule has 1 fully saturated rings. The Hall–Kier alpha value is -0.650. The third-order valence-electron chi connectivity index (χ3n) is 3.25. The fourth-order valence-corrected chi connectivity index (χ4v) is 2.86. The number of carbonyl (C=O) groups excluding carboxylic acids is 1. The molecule has 0 aromatic carbocycles. The van der Waals surface area contributed by atoms with E-state index in [-0.39, 0.29) is 12.8 Å². The van der Waals surface area contributed by atoms with E-state index in [1.165, 1.54) is 0 Å². The van der Waals surface area contributed by atoms with Gasteiger partial charge in [0.05, 0.1) is 25.6 Å². The van der Waals surface area contributed by atoms with Crippen LogP contribution in [0.3, 0.4) is 0 Å². The molecule has 0 radical (unpaired) electrons. The third kappa shape index (κ3) is 2.30. The number of hydrogen-bond donors (Lipinski definition) is 0. The molecule has 0 aliphatic carbocycles. The number of rotatable bonds is 3. The second kappa shape index (κ2) is 4.08. The molecular formula is C10H21N3O2. The van der Waals surface area contributed by atoms with E-state index in [0.717, 1.165) is 6.54 Å². The summed E-state index contributed by atoms with van der Waals surface area (Å²) in [6.45, 7) is 3.03. The van der Waals surface area contributed by atoms with E-state index in [4.69, 9.17) is 0 Å². The topological polar surface area (TPSA) is 46.6 Å². The Kier molecular flexibility index (Phi) is 3.38. The lowest BCUT2D eigenvalue weighted by Crippen LogP contribution is -2.61. The maximum absolute atomic E-state index is 10.8. The smallest absolute Gasteiger partial charge is 0.205 e. The lowest BCUT2D eigenvalue weighted by atomic mass is 10.3. The Morgan fingerprint density at radius 1 is 1.60 bits per heavy atom. The first-order valence-electron chi connectivity index (χ1n) is 5.20. The van der Waals surface area contributed by atoms with Gasteiger partial charge in [0.25, 0.3) is 0 Å². The molecule has 5 nitrogen and oxygen atoms in total. The molecule has 1 saturated heterocycles. The largest absolute Gasteiger partial charge is 0.544 e. The van der Waals surface area contributed by atoms with E-state index in [1.807, 2.05) is 28.2 Å². The molecule has 3 unspecified atom stereocenters. The monoisotopic (exact) mass is 215 g/mol. The van der Waals surface area contributed by atoms with E-state index in [9.17, 15) is 9.90 Å². The number of carboxylic acids is 1. The first kappa shape index (κ1) is 12.4. The van der Waals surface area contributed by atoms with Crippen LogP contribution < -0.4 is 5.11 Å². The summed E-state index contributed by atoms with van der Waals surface area (Å²) in [6.07, 6.45) is 0.109. The van der Waals surface area contributed by atoms with Crippen LogP contribution in [0.4, 0.5) is 0 Å². The molecule has 88 valence electrons. The van der Waals surface area contributed by atoms with Crippen molar-refractivity contribution in [2.45, 2.75) is 19.3 Å². The summed E-state index contributed by atoms with van der Waals surface area (Å²) in [6, 6.07) is 0.391. The Bertz CT molecular complexity index is 257. The zero-order chi connectivity index (χ0) is 11.8. The molecule has 0 N–H and O–H groups in total. The normalized spacial score (nSPS) is 37.5. The summed E-state index contributed by atoms with van der Waals surface area (Å²) >= 11 is 0. The van der Waals surface area contributed by atoms with Gasteiger partial charge in [-0.3, -0.25) is 4.48 Å². The number of likely N-dealkylation sites (N-methyl/N-ethyl adjacent to an activating group) is 2. The van der Waals surface area contributed by atoms with Gasteiger partial charge in [0.2, 0.25) is 6.29 Å². The van der Waals surface area contributed by atoms with Gasteiger partial charge in [0.1, 0.15) is 6.54 Å². The number of nitrogens with zero attached hydrogens (tertiary/aromatic N) is 3. The highest BCUT2D eigenvalue weighted by Gasteiger charge is 2.47. The SMILES string of the molecule is CC1C[N+](C)(CC(=O)[O-])C(N(C)C)N1C. The van der Waals surface area contributed by atoms with Gasteiger partial charge < -0.3 is 9.90 Å². The van der Waals surface area contributed by atoms with Crippen molar-refractivity contribution in [2.24, 2.45) is 0 Å². The molecule has 0 aromatic rings. The van der Waals surface area contributed by atoms with Crippen molar-refractivity contribution in [2.75, 3.05) is 41.3 Å². The Labute approximate surface area is 91.5 Å². The van der Waals surface area contributed by atoms with Gasteiger partial charge >= 0.3 is 0 Å². The summed E-state index contributed by atoms with van der Waals surface area (Å²) < 4.78 is 0.493. The maximum atomic E-state index is 10.8. The molecule has 0 bridgehead atoms. The van der Waals surface area contributed by atoms with Crippen LogP contribution in [0.15, 0.2) is 0 Å². The van der Waals surface area contributed by atoms with Gasteiger partial charge in [0.15, 0.2) is 0 Å². The Balaban J connectivity index is 2.91. The second-order valence-corrected chi connectivity index (χ2v) is 5.02. The van der Waals surface area contributed by atoms with Crippen molar-refractivity contribution in [1.29, 1.82) is 0 Å². The van der Waals surface area contributed by atoms with Gasteiger partial charge in [-0.25, -0.2) is 9.80 Å². The number of quaternary nitrogens is 1. The predicted molar refractivity (Wildman–Crippen MR) is 55.6 cm³/mol. The molecular weight excluding hydrogens is 194 g/mol. The molecule has 1 rings (SSSR count). The lowest BCUT2D eigenvalue weighted by Gasteiger charge is -2.40. The van der Waals surface area contributed by atoms with Crippen molar-refractivity contribution in [3.8, 4) is 0 Å². The van der Waals surface area contributed by atoms with E-state index < -0.39 is 5.97 Å². The van der Waals surface area contributed by atoms with Gasteiger partial charge in [-0.1, -0.05) is 0 Å². The molecule has 1 aliphatic rings. The number of carboxylic acid groups (broad SMARTS) is 1. The van der Waals surface area contributed by atoms with Crippen molar-refractivity contribution in [3.63, 3.8) is 0 Å². The van der Waals surface area contributed by atoms with Gasteiger partial charge in [0, 0.05) is 0 Å². The zero-order valence-corrected chi connectivity index (χ0v) is 10.2. The van der Waals surface area contributed by atoms with E-state index in [0.29, 0.717) is 10.5 Å². The summed E-state index contributed by atoms with van der Waals surface area (Å²) in [7, 11) is 7.96. The Morgan fingerprint density at radius 2 is 2.13 bits per heavy atom. The standard InChI is InChI=1S/C10H21N3O2/c1-8-6-13(5,7-9(14)15)10(11(2)3)12(8)4/h8,10H,6-7H2,1-5H3. The molecule has 0 amide bonds. The van der Waals surface area contributed by atoms with E-state index in [1.54, 1.807) is 0 Å². The van der Waals surface area contributed by atoms with Crippen LogP contribution in [-0.2, 0) is 4.79 Å². The van der Waals surface area contributed by atoms with Gasteiger partial charge in [-0.2, -0.15) is 0 Å². The van der Waals surface area contributed by atoms with E-state index in [2.05, 4.69) is 16.7 Å². The average molecular weight is 215 g/mol. The zero-order valence-electron chi connectivity index (χ0n) is 10.2. The minimum Gasteiger partial charge on any atom is -0.544 e. The van der Waals surface area contributed by atoms with Crippen molar-refractivity contribution in [1.82, 2.24) is 9.80 Å². The van der Waals surface area contributed by atoms with Crippen LogP contribution >= 0.6 is 0 Å². The highest BCUT2D eigenvalue weighted by Crippen LogP contribution is 2.26. The summed E-state index contributed by atoms with van der Waals surface area (Å²) in [5, 5.41) is 10.8. The first-order valence-corrected chi connectivity index (χ1v) is 5.20. The fourth-order valence-electron chi connectivity index (χ4n) is 2.86. The lowest BCUT2D eigenvalue weighted by molar-refractivity contribution is -0.932. The molecule has 3 atom stereocenters. The summed E-state index contributed by atoms with van der Waals surface area (Å²) in [4.78, 5) is 15.1.